The lowest BCUT2D eigenvalue weighted by atomic mass is 10.2. The van der Waals surface area contributed by atoms with E-state index in [1.54, 1.807) is 0 Å². The van der Waals surface area contributed by atoms with E-state index in [9.17, 15) is 0 Å². The molecule has 0 saturated carbocycles. The highest BCUT2D eigenvalue weighted by atomic mass is 15.2. The molecule has 0 aromatic heterocycles. The van der Waals surface area contributed by atoms with Gasteiger partial charge in [0.2, 0.25) is 0 Å². The lowest BCUT2D eigenvalue weighted by Crippen LogP contribution is -2.40. The molecule has 2 heteroatoms. The molecule has 0 aliphatic heterocycles. The van der Waals surface area contributed by atoms with Gasteiger partial charge in [-0.25, -0.2) is 0 Å². The van der Waals surface area contributed by atoms with Crippen molar-refractivity contribution in [2.75, 3.05) is 19.6 Å². The summed E-state index contributed by atoms with van der Waals surface area (Å²) in [7, 11) is 0. The van der Waals surface area contributed by atoms with Gasteiger partial charge in [0.1, 0.15) is 0 Å². The molecule has 0 aliphatic carbocycles. The first-order valence-electron chi connectivity index (χ1n) is 6.20. The summed E-state index contributed by atoms with van der Waals surface area (Å²) in [6.45, 7) is 8.05. The van der Waals surface area contributed by atoms with Gasteiger partial charge in [-0.3, -0.25) is 4.90 Å². The summed E-state index contributed by atoms with van der Waals surface area (Å²) in [5.74, 6) is 2.60. The summed E-state index contributed by atoms with van der Waals surface area (Å²) >= 11 is 0. The van der Waals surface area contributed by atoms with E-state index in [1.807, 2.05) is 0 Å². The maximum absolute atomic E-state index is 5.22. The first kappa shape index (κ1) is 13.8. The Morgan fingerprint density at radius 2 is 2.06 bits per heavy atom. The van der Waals surface area contributed by atoms with Crippen molar-refractivity contribution in [1.82, 2.24) is 10.2 Å². The number of terminal acetylenes is 1. The predicted octanol–water partition coefficient (Wildman–Crippen LogP) is 2.12. The maximum Gasteiger partial charge on any atom is 0.0574 e. The second-order valence-electron chi connectivity index (χ2n) is 4.23. The smallest absolute Gasteiger partial charge is 0.0574 e. The minimum atomic E-state index is 0.494. The molecule has 0 fully saturated rings. The van der Waals surface area contributed by atoms with E-state index in [-0.39, 0.29) is 0 Å². The Hall–Kier alpha value is -1.30. The van der Waals surface area contributed by atoms with Crippen LogP contribution in [0.5, 0.6) is 0 Å². The normalized spacial score (nSPS) is 12.4. The van der Waals surface area contributed by atoms with Crippen LogP contribution < -0.4 is 5.32 Å². The Morgan fingerprint density at radius 3 is 2.65 bits per heavy atom. The number of likely N-dealkylation sites (N-methyl/N-ethyl adjacent to an activating group) is 1. The Bertz CT molecular complexity index is 340. The summed E-state index contributed by atoms with van der Waals surface area (Å²) < 4.78 is 0. The molecule has 92 valence electrons. The molecule has 0 radical (unpaired) electrons. The van der Waals surface area contributed by atoms with Gasteiger partial charge in [-0.2, -0.15) is 0 Å². The minimum absolute atomic E-state index is 0.494. The molecular formula is C15H22N2. The molecule has 1 aromatic rings. The average molecular weight is 230 g/mol. The molecule has 0 spiro atoms. The number of hydrogen-bond acceptors (Lipinski definition) is 2. The maximum atomic E-state index is 5.22. The summed E-state index contributed by atoms with van der Waals surface area (Å²) in [4.78, 5) is 2.44. The van der Waals surface area contributed by atoms with Crippen LogP contribution in [-0.2, 0) is 6.54 Å². The van der Waals surface area contributed by atoms with Crippen LogP contribution in [0.25, 0.3) is 0 Å². The quantitative estimate of drug-likeness (QED) is 0.570. The third kappa shape index (κ3) is 5.04. The van der Waals surface area contributed by atoms with Crippen LogP contribution >= 0.6 is 0 Å². The summed E-state index contributed by atoms with van der Waals surface area (Å²) in [6.07, 6.45) is 5.22. The SMILES string of the molecule is C#CCNCC(C)N(CC)Cc1ccccc1. The van der Waals surface area contributed by atoms with Crippen molar-refractivity contribution in [2.45, 2.75) is 26.4 Å². The van der Waals surface area contributed by atoms with Crippen LogP contribution in [0.2, 0.25) is 0 Å². The van der Waals surface area contributed by atoms with E-state index in [0.717, 1.165) is 19.6 Å². The monoisotopic (exact) mass is 230 g/mol. The topological polar surface area (TPSA) is 15.3 Å². The zero-order valence-electron chi connectivity index (χ0n) is 10.8. The van der Waals surface area contributed by atoms with Gasteiger partial charge in [0.25, 0.3) is 0 Å². The second-order valence-corrected chi connectivity index (χ2v) is 4.23. The number of hydrogen-bond donors (Lipinski definition) is 1. The van der Waals surface area contributed by atoms with E-state index in [4.69, 9.17) is 6.42 Å². The van der Waals surface area contributed by atoms with Crippen LogP contribution in [0.15, 0.2) is 30.3 Å². The summed E-state index contributed by atoms with van der Waals surface area (Å²) in [5, 5.41) is 3.26. The Morgan fingerprint density at radius 1 is 1.35 bits per heavy atom. The fourth-order valence-electron chi connectivity index (χ4n) is 1.88. The first-order chi connectivity index (χ1) is 8.27. The van der Waals surface area contributed by atoms with Crippen LogP contribution in [0.1, 0.15) is 19.4 Å². The second kappa shape index (κ2) is 7.89. The zero-order chi connectivity index (χ0) is 12.5. The van der Waals surface area contributed by atoms with Crippen LogP contribution in [0, 0.1) is 12.3 Å². The van der Waals surface area contributed by atoms with Crippen LogP contribution in [0.3, 0.4) is 0 Å². The number of benzene rings is 1. The minimum Gasteiger partial charge on any atom is -0.305 e. The standard InChI is InChI=1S/C15H22N2/c1-4-11-16-12-14(3)17(5-2)13-15-9-7-6-8-10-15/h1,6-10,14,16H,5,11-13H2,2-3H3. The molecule has 2 nitrogen and oxygen atoms in total. The van der Waals surface area contributed by atoms with E-state index < -0.39 is 0 Å². The lowest BCUT2D eigenvalue weighted by molar-refractivity contribution is 0.207. The Kier molecular flexibility index (Phi) is 6.39. The van der Waals surface area contributed by atoms with Crippen molar-refractivity contribution in [2.24, 2.45) is 0 Å². The molecule has 1 N–H and O–H groups in total. The number of nitrogens with zero attached hydrogens (tertiary/aromatic N) is 1. The van der Waals surface area contributed by atoms with Crippen molar-refractivity contribution in [3.05, 3.63) is 35.9 Å². The van der Waals surface area contributed by atoms with Crippen LogP contribution in [-0.4, -0.2) is 30.6 Å². The van der Waals surface area contributed by atoms with Gasteiger partial charge in [0.15, 0.2) is 0 Å². The van der Waals surface area contributed by atoms with Gasteiger partial charge >= 0.3 is 0 Å². The molecule has 1 aromatic carbocycles. The molecule has 0 amide bonds. The van der Waals surface area contributed by atoms with E-state index in [1.165, 1.54) is 5.56 Å². The highest BCUT2D eigenvalue weighted by Gasteiger charge is 2.11. The van der Waals surface area contributed by atoms with E-state index in [2.05, 4.69) is 60.3 Å². The third-order valence-electron chi connectivity index (χ3n) is 2.92. The average Bonchev–Trinajstić information content (AvgIpc) is 2.37. The molecule has 0 heterocycles. The number of rotatable bonds is 7. The highest BCUT2D eigenvalue weighted by molar-refractivity contribution is 5.14. The Balaban J connectivity index is 2.45. The lowest BCUT2D eigenvalue weighted by Gasteiger charge is -2.28. The van der Waals surface area contributed by atoms with Gasteiger partial charge in [-0.1, -0.05) is 43.2 Å². The number of nitrogens with one attached hydrogen (secondary N) is 1. The molecule has 1 unspecified atom stereocenters. The molecule has 0 saturated heterocycles. The first-order valence-corrected chi connectivity index (χ1v) is 6.20. The van der Waals surface area contributed by atoms with Gasteiger partial charge in [-0.05, 0) is 19.0 Å². The largest absolute Gasteiger partial charge is 0.305 e. The molecule has 0 aliphatic rings. The molecule has 1 atom stereocenters. The predicted molar refractivity (Wildman–Crippen MR) is 73.7 cm³/mol. The fraction of sp³-hybridized carbons (Fsp3) is 0.467. The molecule has 1 rings (SSSR count). The molecule has 17 heavy (non-hydrogen) atoms. The van der Waals surface area contributed by atoms with Gasteiger partial charge in [-0.15, -0.1) is 6.42 Å². The van der Waals surface area contributed by atoms with Crippen molar-refractivity contribution in [3.63, 3.8) is 0 Å². The van der Waals surface area contributed by atoms with E-state index in [0.29, 0.717) is 12.6 Å². The van der Waals surface area contributed by atoms with Crippen LogP contribution in [0.4, 0.5) is 0 Å². The zero-order valence-corrected chi connectivity index (χ0v) is 10.8. The van der Waals surface area contributed by atoms with E-state index >= 15 is 0 Å². The molecule has 0 bridgehead atoms. The van der Waals surface area contributed by atoms with Gasteiger partial charge < -0.3 is 5.32 Å². The summed E-state index contributed by atoms with van der Waals surface area (Å²) in [5.41, 5.74) is 1.36. The van der Waals surface area contributed by atoms with Gasteiger partial charge in [0.05, 0.1) is 6.54 Å². The molecular weight excluding hydrogens is 208 g/mol. The van der Waals surface area contributed by atoms with Crippen molar-refractivity contribution < 1.29 is 0 Å². The summed E-state index contributed by atoms with van der Waals surface area (Å²) in [6, 6.07) is 11.1. The van der Waals surface area contributed by atoms with Gasteiger partial charge in [0, 0.05) is 19.1 Å². The van der Waals surface area contributed by atoms with Crippen molar-refractivity contribution >= 4 is 0 Å². The van der Waals surface area contributed by atoms with Crippen molar-refractivity contribution in [3.8, 4) is 12.3 Å². The third-order valence-corrected chi connectivity index (χ3v) is 2.92. The Labute approximate surface area is 105 Å². The highest BCUT2D eigenvalue weighted by Crippen LogP contribution is 2.07. The van der Waals surface area contributed by atoms with Crippen molar-refractivity contribution in [1.29, 1.82) is 0 Å². The fourth-order valence-corrected chi connectivity index (χ4v) is 1.88.